The van der Waals surface area contributed by atoms with E-state index in [-0.39, 0.29) is 5.11 Å². The van der Waals surface area contributed by atoms with Crippen LogP contribution in [0.4, 0.5) is 5.82 Å². The minimum absolute atomic E-state index is 0.154. The quantitative estimate of drug-likeness (QED) is 0.422. The van der Waals surface area contributed by atoms with E-state index in [4.69, 9.17) is 39.8 Å². The van der Waals surface area contributed by atoms with Crippen molar-refractivity contribution in [1.82, 2.24) is 10.3 Å². The molecule has 0 aliphatic heterocycles. The highest BCUT2D eigenvalue weighted by atomic mass is 35.5. The molecule has 2 N–H and O–H groups in total. The first-order valence-electron chi connectivity index (χ1n) is 8.18. The lowest BCUT2D eigenvalue weighted by molar-refractivity contribution is -0.115. The van der Waals surface area contributed by atoms with Gasteiger partial charge in [-0.15, -0.1) is 0 Å². The van der Waals surface area contributed by atoms with Crippen molar-refractivity contribution in [3.05, 3.63) is 76.1 Å². The Labute approximate surface area is 177 Å². The molecule has 1 amide bonds. The van der Waals surface area contributed by atoms with Gasteiger partial charge in [0.15, 0.2) is 5.11 Å². The Morgan fingerprint density at radius 2 is 1.89 bits per heavy atom. The van der Waals surface area contributed by atoms with Gasteiger partial charge >= 0.3 is 0 Å². The summed E-state index contributed by atoms with van der Waals surface area (Å²) in [5.74, 6) is 1.26. The highest BCUT2D eigenvalue weighted by molar-refractivity contribution is 7.80. The van der Waals surface area contributed by atoms with Crippen LogP contribution < -0.4 is 10.6 Å². The maximum absolute atomic E-state index is 12.0. The number of halogens is 2. The number of anilines is 1. The van der Waals surface area contributed by atoms with Crippen molar-refractivity contribution in [2.75, 3.05) is 5.32 Å². The van der Waals surface area contributed by atoms with Gasteiger partial charge in [-0.05, 0) is 73.2 Å². The number of hydrogen-bond donors (Lipinski definition) is 2. The second-order valence-electron chi connectivity index (χ2n) is 5.86. The van der Waals surface area contributed by atoms with Gasteiger partial charge in [0, 0.05) is 27.9 Å². The molecule has 0 bridgehead atoms. The molecule has 0 atom stereocenters. The van der Waals surface area contributed by atoms with Gasteiger partial charge in [-0.2, -0.15) is 0 Å². The zero-order valence-corrected chi connectivity index (χ0v) is 17.0. The molecule has 5 nitrogen and oxygen atoms in total. The first kappa shape index (κ1) is 20.1. The number of benzene rings is 1. The Kier molecular flexibility index (Phi) is 6.46. The maximum atomic E-state index is 12.0. The van der Waals surface area contributed by atoms with Crippen molar-refractivity contribution in [1.29, 1.82) is 0 Å². The molecule has 0 saturated heterocycles. The van der Waals surface area contributed by atoms with Gasteiger partial charge < -0.3 is 9.73 Å². The van der Waals surface area contributed by atoms with Crippen LogP contribution in [0.2, 0.25) is 10.0 Å². The number of rotatable bonds is 4. The Morgan fingerprint density at radius 1 is 1.14 bits per heavy atom. The molecular weight excluding hydrogens is 417 g/mol. The van der Waals surface area contributed by atoms with Crippen molar-refractivity contribution >= 4 is 58.3 Å². The number of nitrogens with one attached hydrogen (secondary N) is 2. The van der Waals surface area contributed by atoms with Crippen molar-refractivity contribution in [3.63, 3.8) is 0 Å². The van der Waals surface area contributed by atoms with E-state index in [1.165, 1.54) is 6.08 Å². The van der Waals surface area contributed by atoms with E-state index >= 15 is 0 Å². The summed E-state index contributed by atoms with van der Waals surface area (Å²) in [7, 11) is 0. The van der Waals surface area contributed by atoms with Gasteiger partial charge in [-0.3, -0.25) is 10.1 Å². The molecule has 3 aromatic rings. The normalized spacial score (nSPS) is 10.8. The number of thiocarbonyl (C=S) groups is 1. The fourth-order valence-electron chi connectivity index (χ4n) is 2.36. The van der Waals surface area contributed by atoms with E-state index in [2.05, 4.69) is 15.6 Å². The maximum Gasteiger partial charge on any atom is 0.250 e. The number of nitrogens with zero attached hydrogens (tertiary/aromatic N) is 1. The first-order valence-corrected chi connectivity index (χ1v) is 9.34. The zero-order valence-electron chi connectivity index (χ0n) is 14.7. The molecule has 0 saturated carbocycles. The molecular formula is C20H15Cl2N3O2S. The van der Waals surface area contributed by atoms with Gasteiger partial charge in [0.1, 0.15) is 17.3 Å². The second-order valence-corrected chi connectivity index (χ2v) is 7.14. The molecule has 2 heterocycles. The topological polar surface area (TPSA) is 67.2 Å². The number of aromatic nitrogens is 1. The summed E-state index contributed by atoms with van der Waals surface area (Å²) in [4.78, 5) is 16.2. The molecule has 0 spiro atoms. The first-order chi connectivity index (χ1) is 13.4. The minimum atomic E-state index is -0.395. The van der Waals surface area contributed by atoms with E-state index < -0.39 is 5.91 Å². The summed E-state index contributed by atoms with van der Waals surface area (Å²) in [5, 5.41) is 6.58. The van der Waals surface area contributed by atoms with Crippen molar-refractivity contribution in [2.24, 2.45) is 0 Å². The summed E-state index contributed by atoms with van der Waals surface area (Å²) in [6.45, 7) is 1.94. The lowest BCUT2D eigenvalue weighted by Crippen LogP contribution is -2.33. The summed E-state index contributed by atoms with van der Waals surface area (Å²) in [5.41, 5.74) is 1.78. The van der Waals surface area contributed by atoms with Gasteiger partial charge in [0.05, 0.1) is 0 Å². The highest BCUT2D eigenvalue weighted by Gasteiger charge is 2.07. The fraction of sp³-hybridized carbons (Fsp3) is 0.0500. The molecule has 8 heteroatoms. The van der Waals surface area contributed by atoms with Crippen LogP contribution in [0.5, 0.6) is 0 Å². The van der Waals surface area contributed by atoms with E-state index in [0.717, 1.165) is 11.1 Å². The largest absolute Gasteiger partial charge is 0.457 e. The Balaban J connectivity index is 1.60. The summed E-state index contributed by atoms with van der Waals surface area (Å²) >= 11 is 17.1. The summed E-state index contributed by atoms with van der Waals surface area (Å²) < 4.78 is 5.70. The van der Waals surface area contributed by atoms with Gasteiger partial charge in [-0.25, -0.2) is 4.98 Å². The third-order valence-electron chi connectivity index (χ3n) is 3.57. The van der Waals surface area contributed by atoms with E-state index in [1.54, 1.807) is 42.6 Å². The number of furan rings is 1. The molecule has 0 fully saturated rings. The predicted octanol–water partition coefficient (Wildman–Crippen LogP) is 5.48. The monoisotopic (exact) mass is 431 g/mol. The SMILES string of the molecule is Cc1ccnc(NC(=S)NC(=O)/C=C/c2ccc(-c3cc(Cl)cc(Cl)c3)o2)c1. The lowest BCUT2D eigenvalue weighted by Gasteiger charge is -2.07. The number of carbonyl (C=O) groups is 1. The number of amides is 1. The minimum Gasteiger partial charge on any atom is -0.457 e. The molecule has 3 rings (SSSR count). The average molecular weight is 432 g/mol. The van der Waals surface area contributed by atoms with Gasteiger partial charge in [-0.1, -0.05) is 23.2 Å². The van der Waals surface area contributed by atoms with Crippen LogP contribution in [0, 0.1) is 6.92 Å². The van der Waals surface area contributed by atoms with Crippen LogP contribution in [-0.4, -0.2) is 16.0 Å². The van der Waals surface area contributed by atoms with Crippen LogP contribution in [0.15, 0.2) is 59.2 Å². The van der Waals surface area contributed by atoms with Crippen LogP contribution in [0.25, 0.3) is 17.4 Å². The molecule has 0 radical (unpaired) electrons. The fourth-order valence-corrected chi connectivity index (χ4v) is 3.09. The lowest BCUT2D eigenvalue weighted by atomic mass is 10.2. The van der Waals surface area contributed by atoms with E-state index in [1.807, 2.05) is 19.1 Å². The predicted molar refractivity (Wildman–Crippen MR) is 117 cm³/mol. The van der Waals surface area contributed by atoms with Crippen molar-refractivity contribution in [3.8, 4) is 11.3 Å². The number of carbonyl (C=O) groups excluding carboxylic acids is 1. The van der Waals surface area contributed by atoms with E-state index in [9.17, 15) is 4.79 Å². The average Bonchev–Trinajstić information content (AvgIpc) is 3.08. The Morgan fingerprint density at radius 3 is 2.61 bits per heavy atom. The standard InChI is InChI=1S/C20H15Cl2N3O2S/c1-12-6-7-23-18(8-12)24-20(28)25-19(26)5-3-16-2-4-17(27-16)13-9-14(21)11-15(22)10-13/h2-11H,1H3,(H2,23,24,25,26,28)/b5-3+. The smallest absolute Gasteiger partial charge is 0.250 e. The Hall–Kier alpha value is -2.67. The highest BCUT2D eigenvalue weighted by Crippen LogP contribution is 2.28. The van der Waals surface area contributed by atoms with Crippen molar-refractivity contribution in [2.45, 2.75) is 6.92 Å². The van der Waals surface area contributed by atoms with Gasteiger partial charge in [0.2, 0.25) is 5.91 Å². The third-order valence-corrected chi connectivity index (χ3v) is 4.21. The molecule has 2 aromatic heterocycles. The van der Waals surface area contributed by atoms with Gasteiger partial charge in [0.25, 0.3) is 0 Å². The van der Waals surface area contributed by atoms with Crippen LogP contribution >= 0.6 is 35.4 Å². The molecule has 0 unspecified atom stereocenters. The van der Waals surface area contributed by atoms with E-state index in [0.29, 0.717) is 27.4 Å². The number of hydrogen-bond acceptors (Lipinski definition) is 4. The van der Waals surface area contributed by atoms with Crippen molar-refractivity contribution < 1.29 is 9.21 Å². The number of aryl methyl sites for hydroxylation is 1. The molecule has 0 aliphatic carbocycles. The molecule has 1 aromatic carbocycles. The van der Waals surface area contributed by atoms with Crippen LogP contribution in [0.3, 0.4) is 0 Å². The molecule has 28 heavy (non-hydrogen) atoms. The molecule has 0 aliphatic rings. The Bertz CT molecular complexity index is 1040. The number of pyridine rings is 1. The molecule has 142 valence electrons. The van der Waals surface area contributed by atoms with Crippen LogP contribution in [-0.2, 0) is 4.79 Å². The van der Waals surface area contributed by atoms with Crippen LogP contribution in [0.1, 0.15) is 11.3 Å². The second kappa shape index (κ2) is 9.01. The summed E-state index contributed by atoms with van der Waals surface area (Å²) in [6.07, 6.45) is 4.52. The zero-order chi connectivity index (χ0) is 20.1. The summed E-state index contributed by atoms with van der Waals surface area (Å²) in [6, 6.07) is 12.3. The third kappa shape index (κ3) is 5.66.